The first-order chi connectivity index (χ1) is 13.1. The van der Waals surface area contributed by atoms with E-state index in [0.29, 0.717) is 13.0 Å². The maximum absolute atomic E-state index is 11.0. The van der Waals surface area contributed by atoms with Crippen molar-refractivity contribution in [2.75, 3.05) is 37.8 Å². The number of morpholine rings is 1. The summed E-state index contributed by atoms with van der Waals surface area (Å²) < 4.78 is 11.2. The highest BCUT2D eigenvalue weighted by Crippen LogP contribution is 2.36. The fourth-order valence-electron chi connectivity index (χ4n) is 3.86. The number of carboxylic acid groups (broad SMARTS) is 1. The van der Waals surface area contributed by atoms with Gasteiger partial charge in [-0.3, -0.25) is 0 Å². The first-order valence-corrected chi connectivity index (χ1v) is 9.32. The lowest BCUT2D eigenvalue weighted by molar-refractivity contribution is 0.122. The van der Waals surface area contributed by atoms with Gasteiger partial charge in [0.2, 0.25) is 0 Å². The summed E-state index contributed by atoms with van der Waals surface area (Å²) in [6.07, 6.45) is -0.363. The minimum absolute atomic E-state index is 0.217. The van der Waals surface area contributed by atoms with Crippen molar-refractivity contribution >= 4 is 11.8 Å². The second-order valence-electron chi connectivity index (χ2n) is 6.99. The summed E-state index contributed by atoms with van der Waals surface area (Å²) in [4.78, 5) is 13.4. The zero-order valence-corrected chi connectivity index (χ0v) is 15.4. The highest BCUT2D eigenvalue weighted by atomic mass is 16.5. The minimum Gasteiger partial charge on any atom is -0.493 e. The van der Waals surface area contributed by atoms with Gasteiger partial charge < -0.3 is 24.8 Å². The molecule has 6 heteroatoms. The number of nitrogens with zero attached hydrogens (tertiary/aromatic N) is 1. The standard InChI is InChI=1S/C21H24N2O4/c1-14-12-15(3-5-19(14)23-7-10-26-11-8-23)16-2-4-17-18(22-21(24)25)6-9-27-20(17)13-16/h2-5,12-13,18,22H,6-11H2,1H3,(H,24,25). The van der Waals surface area contributed by atoms with Gasteiger partial charge in [0.05, 0.1) is 25.9 Å². The third-order valence-electron chi connectivity index (χ3n) is 5.23. The summed E-state index contributed by atoms with van der Waals surface area (Å²) in [5.74, 6) is 0.757. The van der Waals surface area contributed by atoms with Crippen LogP contribution in [0, 0.1) is 6.92 Å². The molecular formula is C21H24N2O4. The van der Waals surface area contributed by atoms with Gasteiger partial charge in [0.25, 0.3) is 0 Å². The second-order valence-corrected chi connectivity index (χ2v) is 6.99. The first-order valence-electron chi connectivity index (χ1n) is 9.32. The Balaban J connectivity index is 1.60. The van der Waals surface area contributed by atoms with Crippen molar-refractivity contribution < 1.29 is 19.4 Å². The molecule has 0 aliphatic carbocycles. The Kier molecular flexibility index (Phi) is 4.90. The lowest BCUT2D eigenvalue weighted by Gasteiger charge is -2.30. The largest absolute Gasteiger partial charge is 0.493 e. The zero-order chi connectivity index (χ0) is 18.8. The van der Waals surface area contributed by atoms with Gasteiger partial charge in [-0.1, -0.05) is 18.2 Å². The monoisotopic (exact) mass is 368 g/mol. The highest BCUT2D eigenvalue weighted by molar-refractivity contribution is 5.71. The molecule has 1 unspecified atom stereocenters. The predicted molar refractivity (Wildman–Crippen MR) is 104 cm³/mol. The number of nitrogens with one attached hydrogen (secondary N) is 1. The third-order valence-corrected chi connectivity index (χ3v) is 5.23. The maximum Gasteiger partial charge on any atom is 0.405 e. The Labute approximate surface area is 158 Å². The average Bonchev–Trinajstić information content (AvgIpc) is 2.68. The molecule has 1 fully saturated rings. The molecule has 2 heterocycles. The van der Waals surface area contributed by atoms with Crippen molar-refractivity contribution in [2.45, 2.75) is 19.4 Å². The fourth-order valence-corrected chi connectivity index (χ4v) is 3.86. The van der Waals surface area contributed by atoms with Gasteiger partial charge in [0.15, 0.2) is 0 Å². The topological polar surface area (TPSA) is 71.0 Å². The highest BCUT2D eigenvalue weighted by Gasteiger charge is 2.23. The summed E-state index contributed by atoms with van der Waals surface area (Å²) in [5.41, 5.74) is 5.58. The van der Waals surface area contributed by atoms with Crippen LogP contribution in [0.5, 0.6) is 5.75 Å². The Hall–Kier alpha value is -2.73. The molecule has 1 amide bonds. The van der Waals surface area contributed by atoms with E-state index in [0.717, 1.165) is 48.7 Å². The van der Waals surface area contributed by atoms with Crippen molar-refractivity contribution in [1.29, 1.82) is 0 Å². The van der Waals surface area contributed by atoms with E-state index in [1.807, 2.05) is 18.2 Å². The van der Waals surface area contributed by atoms with Crippen molar-refractivity contribution in [1.82, 2.24) is 5.32 Å². The molecule has 1 atom stereocenters. The first kappa shape index (κ1) is 17.7. The van der Waals surface area contributed by atoms with E-state index in [-0.39, 0.29) is 6.04 Å². The lowest BCUT2D eigenvalue weighted by Crippen LogP contribution is -2.36. The molecule has 0 saturated carbocycles. The molecule has 142 valence electrons. The smallest absolute Gasteiger partial charge is 0.405 e. The quantitative estimate of drug-likeness (QED) is 0.866. The molecule has 2 N–H and O–H groups in total. The summed E-state index contributed by atoms with van der Waals surface area (Å²) in [6.45, 7) is 6.03. The van der Waals surface area contributed by atoms with Crippen LogP contribution in [0.2, 0.25) is 0 Å². The van der Waals surface area contributed by atoms with Crippen molar-refractivity contribution in [3.05, 3.63) is 47.5 Å². The van der Waals surface area contributed by atoms with Crippen molar-refractivity contribution in [3.63, 3.8) is 0 Å². The van der Waals surface area contributed by atoms with Gasteiger partial charge in [0, 0.05) is 30.8 Å². The van der Waals surface area contributed by atoms with E-state index in [1.165, 1.54) is 11.3 Å². The van der Waals surface area contributed by atoms with Gasteiger partial charge in [-0.25, -0.2) is 4.79 Å². The van der Waals surface area contributed by atoms with Crippen LogP contribution in [-0.4, -0.2) is 44.1 Å². The number of hydrogen-bond donors (Lipinski definition) is 2. The SMILES string of the molecule is Cc1cc(-c2ccc3c(c2)OCCC3NC(=O)O)ccc1N1CCOCC1. The van der Waals surface area contributed by atoms with Crippen LogP contribution in [0.15, 0.2) is 36.4 Å². The molecule has 0 bridgehead atoms. The van der Waals surface area contributed by atoms with Crippen LogP contribution in [0.4, 0.5) is 10.5 Å². The second kappa shape index (κ2) is 7.48. The molecule has 2 aromatic carbocycles. The van der Waals surface area contributed by atoms with Gasteiger partial charge >= 0.3 is 6.09 Å². The Bertz CT molecular complexity index is 846. The van der Waals surface area contributed by atoms with E-state index in [9.17, 15) is 4.79 Å². The van der Waals surface area contributed by atoms with Crippen LogP contribution >= 0.6 is 0 Å². The van der Waals surface area contributed by atoms with Crippen molar-refractivity contribution in [3.8, 4) is 16.9 Å². The molecule has 0 spiro atoms. The predicted octanol–water partition coefficient (Wildman–Crippen LogP) is 3.59. The van der Waals surface area contributed by atoms with Crippen molar-refractivity contribution in [2.24, 2.45) is 0 Å². The van der Waals surface area contributed by atoms with Crippen LogP contribution in [0.25, 0.3) is 11.1 Å². The summed E-state index contributed by atoms with van der Waals surface area (Å²) in [5, 5.41) is 11.6. The van der Waals surface area contributed by atoms with Crippen LogP contribution < -0.4 is 15.0 Å². The molecule has 2 aliphatic rings. The average molecular weight is 368 g/mol. The number of anilines is 1. The Morgan fingerprint density at radius 1 is 1.11 bits per heavy atom. The number of ether oxygens (including phenoxy) is 2. The zero-order valence-electron chi connectivity index (χ0n) is 15.4. The number of aryl methyl sites for hydroxylation is 1. The fraction of sp³-hybridized carbons (Fsp3) is 0.381. The Morgan fingerprint density at radius 3 is 2.59 bits per heavy atom. The van der Waals surface area contributed by atoms with Gasteiger partial charge in [-0.05, 0) is 41.8 Å². The minimum atomic E-state index is -1.01. The molecule has 1 saturated heterocycles. The van der Waals surface area contributed by atoms with Gasteiger partial charge in [0.1, 0.15) is 5.75 Å². The number of amides is 1. The third kappa shape index (κ3) is 3.71. The molecule has 27 heavy (non-hydrogen) atoms. The number of carbonyl (C=O) groups is 1. The Morgan fingerprint density at radius 2 is 1.85 bits per heavy atom. The van der Waals surface area contributed by atoms with Gasteiger partial charge in [-0.15, -0.1) is 0 Å². The van der Waals surface area contributed by atoms with E-state index in [1.54, 1.807) is 0 Å². The van der Waals surface area contributed by atoms with Gasteiger partial charge in [-0.2, -0.15) is 0 Å². The number of benzene rings is 2. The molecule has 2 aliphatic heterocycles. The van der Waals surface area contributed by atoms with E-state index < -0.39 is 6.09 Å². The molecule has 2 aromatic rings. The van der Waals surface area contributed by atoms with E-state index >= 15 is 0 Å². The van der Waals surface area contributed by atoms with Crippen LogP contribution in [-0.2, 0) is 4.74 Å². The summed E-state index contributed by atoms with van der Waals surface area (Å²) >= 11 is 0. The number of fused-ring (bicyclic) bond motifs is 1. The van der Waals surface area contributed by atoms with E-state index in [2.05, 4.69) is 35.3 Å². The molecular weight excluding hydrogens is 344 g/mol. The molecule has 0 radical (unpaired) electrons. The molecule has 4 rings (SSSR count). The molecule has 6 nitrogen and oxygen atoms in total. The summed E-state index contributed by atoms with van der Waals surface area (Å²) in [6, 6.07) is 12.3. The maximum atomic E-state index is 11.0. The number of rotatable bonds is 3. The number of hydrogen-bond acceptors (Lipinski definition) is 4. The lowest BCUT2D eigenvalue weighted by atomic mass is 9.95. The molecule has 0 aromatic heterocycles. The van der Waals surface area contributed by atoms with Crippen LogP contribution in [0.3, 0.4) is 0 Å². The van der Waals surface area contributed by atoms with Crippen LogP contribution in [0.1, 0.15) is 23.6 Å². The summed E-state index contributed by atoms with van der Waals surface area (Å²) in [7, 11) is 0. The normalized spacial score (nSPS) is 19.1. The van der Waals surface area contributed by atoms with E-state index in [4.69, 9.17) is 14.6 Å².